The number of hydrogen-bond donors (Lipinski definition) is 2. The van der Waals surface area contributed by atoms with Crippen molar-refractivity contribution in [2.24, 2.45) is 0 Å². The van der Waals surface area contributed by atoms with Gasteiger partial charge < -0.3 is 10.4 Å². The van der Waals surface area contributed by atoms with Gasteiger partial charge in [-0.2, -0.15) is 11.8 Å². The van der Waals surface area contributed by atoms with Crippen LogP contribution in [0.5, 0.6) is 0 Å². The van der Waals surface area contributed by atoms with Gasteiger partial charge in [0.05, 0.1) is 0 Å². The molecule has 6 heteroatoms. The third-order valence-corrected chi connectivity index (χ3v) is 6.24. The molecule has 1 heterocycles. The summed E-state index contributed by atoms with van der Waals surface area (Å²) in [5.74, 6) is 1.06. The largest absolute Gasteiger partial charge is 0.480 e. The van der Waals surface area contributed by atoms with Crippen molar-refractivity contribution in [3.8, 4) is 0 Å². The Bertz CT molecular complexity index is 502. The van der Waals surface area contributed by atoms with Gasteiger partial charge in [-0.1, -0.05) is 90.4 Å². The van der Waals surface area contributed by atoms with E-state index in [4.69, 9.17) is 0 Å². The van der Waals surface area contributed by atoms with Crippen LogP contribution in [-0.4, -0.2) is 38.6 Å². The topological polar surface area (TPSA) is 75.1 Å². The van der Waals surface area contributed by atoms with Crippen molar-refractivity contribution >= 4 is 23.7 Å². The van der Waals surface area contributed by atoms with Crippen molar-refractivity contribution in [1.82, 2.24) is 9.97 Å². The second-order valence-electron chi connectivity index (χ2n) is 7.78. The number of aromatic nitrogens is 2. The number of carboxylic acids is 1. The van der Waals surface area contributed by atoms with E-state index in [9.17, 15) is 9.90 Å². The molecule has 1 aromatic heterocycles. The number of nitrogens with one attached hydrogen (secondary N) is 1. The second-order valence-corrected chi connectivity index (χ2v) is 8.93. The fourth-order valence-electron chi connectivity index (χ4n) is 3.30. The lowest BCUT2D eigenvalue weighted by Gasteiger charge is -2.13. The molecule has 2 N–H and O–H groups in total. The summed E-state index contributed by atoms with van der Waals surface area (Å²) in [5, 5.41) is 12.2. The molecule has 0 aromatic carbocycles. The molecule has 166 valence electrons. The smallest absolute Gasteiger partial charge is 0.327 e. The average molecular weight is 424 g/mol. The Morgan fingerprint density at radius 3 is 1.86 bits per heavy atom. The molecule has 0 saturated carbocycles. The zero-order valence-electron chi connectivity index (χ0n) is 18.3. The van der Waals surface area contributed by atoms with Gasteiger partial charge in [0, 0.05) is 18.1 Å². The third kappa shape index (κ3) is 15.2. The maximum absolute atomic E-state index is 11.4. The molecule has 0 aliphatic rings. The molecule has 1 rings (SSSR count). The van der Waals surface area contributed by atoms with Crippen molar-refractivity contribution in [2.75, 3.05) is 16.8 Å². The lowest BCUT2D eigenvalue weighted by Crippen LogP contribution is -2.32. The Morgan fingerprint density at radius 2 is 1.38 bits per heavy atom. The van der Waals surface area contributed by atoms with Gasteiger partial charge in [0.25, 0.3) is 0 Å². The highest BCUT2D eigenvalue weighted by atomic mass is 32.2. The third-order valence-electron chi connectivity index (χ3n) is 5.09. The summed E-state index contributed by atoms with van der Waals surface area (Å²) in [4.78, 5) is 19.4. The van der Waals surface area contributed by atoms with Crippen LogP contribution in [-0.2, 0) is 4.79 Å². The van der Waals surface area contributed by atoms with Gasteiger partial charge >= 0.3 is 5.97 Å². The number of aliphatic carboxylic acids is 1. The Hall–Kier alpha value is -1.30. The fraction of sp³-hybridized carbons (Fsp3) is 0.783. The molecule has 1 unspecified atom stereocenters. The Kier molecular flexibility index (Phi) is 16.6. The maximum atomic E-state index is 11.4. The van der Waals surface area contributed by atoms with E-state index in [-0.39, 0.29) is 0 Å². The summed E-state index contributed by atoms with van der Waals surface area (Å²) in [5.41, 5.74) is 0. The SMILES string of the molecule is CCCCCCCCCCCCCCCCSCC(Nc1ncccn1)C(=O)O. The predicted molar refractivity (Wildman–Crippen MR) is 125 cm³/mol. The van der Waals surface area contributed by atoms with Gasteiger partial charge in [0.1, 0.15) is 6.04 Å². The van der Waals surface area contributed by atoms with E-state index in [0.717, 1.165) is 12.2 Å². The summed E-state index contributed by atoms with van der Waals surface area (Å²) < 4.78 is 0. The number of carboxylic acid groups (broad SMARTS) is 1. The van der Waals surface area contributed by atoms with Gasteiger partial charge in [-0.3, -0.25) is 0 Å². The molecule has 1 aromatic rings. The van der Waals surface area contributed by atoms with Crippen LogP contribution in [0.25, 0.3) is 0 Å². The van der Waals surface area contributed by atoms with Crippen LogP contribution in [0.15, 0.2) is 18.5 Å². The number of hydrogen-bond acceptors (Lipinski definition) is 5. The predicted octanol–water partition coefficient (Wildman–Crippen LogP) is 6.56. The Balaban J connectivity index is 1.88. The second kappa shape index (κ2) is 18.7. The minimum atomic E-state index is -0.856. The lowest BCUT2D eigenvalue weighted by atomic mass is 10.0. The number of anilines is 1. The van der Waals surface area contributed by atoms with Crippen LogP contribution in [0.1, 0.15) is 96.8 Å². The molecule has 0 amide bonds. The van der Waals surface area contributed by atoms with Crippen LogP contribution in [0, 0.1) is 0 Å². The standard InChI is InChI=1S/C23H41N3O2S/c1-2-3-4-5-6-7-8-9-10-11-12-13-14-15-19-29-20-21(22(27)28)26-23-24-17-16-18-25-23/h16-18,21H,2-15,19-20H2,1H3,(H,27,28)(H,24,25,26). The fourth-order valence-corrected chi connectivity index (χ4v) is 4.34. The summed E-state index contributed by atoms with van der Waals surface area (Å²) in [6.07, 6.45) is 22.3. The van der Waals surface area contributed by atoms with Crippen molar-refractivity contribution < 1.29 is 9.90 Å². The van der Waals surface area contributed by atoms with Crippen LogP contribution >= 0.6 is 11.8 Å². The number of carbonyl (C=O) groups is 1. The van der Waals surface area contributed by atoms with Gasteiger partial charge in [-0.25, -0.2) is 14.8 Å². The number of rotatable bonds is 20. The van der Waals surface area contributed by atoms with E-state index in [2.05, 4.69) is 22.2 Å². The molecule has 0 aliphatic heterocycles. The Labute approximate surface area is 181 Å². The van der Waals surface area contributed by atoms with E-state index in [1.54, 1.807) is 30.2 Å². The number of unbranched alkanes of at least 4 members (excludes halogenated alkanes) is 13. The number of nitrogens with zero attached hydrogens (tertiary/aromatic N) is 2. The summed E-state index contributed by atoms with van der Waals surface area (Å²) >= 11 is 1.69. The molecule has 0 saturated heterocycles. The lowest BCUT2D eigenvalue weighted by molar-refractivity contribution is -0.137. The Morgan fingerprint density at radius 1 is 0.897 bits per heavy atom. The summed E-state index contributed by atoms with van der Waals surface area (Å²) in [6.45, 7) is 2.27. The highest BCUT2D eigenvalue weighted by Gasteiger charge is 2.17. The molecular formula is C23H41N3O2S. The minimum Gasteiger partial charge on any atom is -0.480 e. The quantitative estimate of drug-likeness (QED) is 0.231. The zero-order valence-corrected chi connectivity index (χ0v) is 19.1. The van der Waals surface area contributed by atoms with E-state index in [0.29, 0.717) is 11.7 Å². The van der Waals surface area contributed by atoms with Crippen molar-refractivity contribution in [1.29, 1.82) is 0 Å². The summed E-state index contributed by atoms with van der Waals surface area (Å²) in [6, 6.07) is 1.07. The van der Waals surface area contributed by atoms with Crippen molar-refractivity contribution in [3.05, 3.63) is 18.5 Å². The molecule has 5 nitrogen and oxygen atoms in total. The van der Waals surface area contributed by atoms with E-state index >= 15 is 0 Å². The van der Waals surface area contributed by atoms with Gasteiger partial charge in [0.2, 0.25) is 5.95 Å². The molecule has 29 heavy (non-hydrogen) atoms. The highest BCUT2D eigenvalue weighted by Crippen LogP contribution is 2.15. The first-order valence-corrected chi connectivity index (χ1v) is 12.7. The van der Waals surface area contributed by atoms with Gasteiger partial charge in [0.15, 0.2) is 0 Å². The molecule has 0 spiro atoms. The molecule has 0 radical (unpaired) electrons. The average Bonchev–Trinajstić information content (AvgIpc) is 2.73. The maximum Gasteiger partial charge on any atom is 0.327 e. The molecule has 0 aliphatic carbocycles. The van der Waals surface area contributed by atoms with Crippen LogP contribution in [0.4, 0.5) is 5.95 Å². The van der Waals surface area contributed by atoms with Crippen molar-refractivity contribution in [2.45, 2.75) is 103 Å². The first-order chi connectivity index (χ1) is 14.2. The highest BCUT2D eigenvalue weighted by molar-refractivity contribution is 7.99. The molecule has 1 atom stereocenters. The molecule has 0 fully saturated rings. The zero-order chi connectivity index (χ0) is 21.0. The van der Waals surface area contributed by atoms with Crippen LogP contribution < -0.4 is 5.32 Å². The van der Waals surface area contributed by atoms with Crippen molar-refractivity contribution in [3.63, 3.8) is 0 Å². The van der Waals surface area contributed by atoms with E-state index in [1.807, 2.05) is 0 Å². The normalized spacial score (nSPS) is 12.0. The minimum absolute atomic E-state index is 0.372. The first kappa shape index (κ1) is 25.7. The first-order valence-electron chi connectivity index (χ1n) is 11.6. The van der Waals surface area contributed by atoms with E-state index in [1.165, 1.54) is 83.5 Å². The van der Waals surface area contributed by atoms with Gasteiger partial charge in [-0.05, 0) is 18.2 Å². The molecular weight excluding hydrogens is 382 g/mol. The monoisotopic (exact) mass is 423 g/mol. The summed E-state index contributed by atoms with van der Waals surface area (Å²) in [7, 11) is 0. The van der Waals surface area contributed by atoms with Crippen LogP contribution in [0.3, 0.4) is 0 Å². The van der Waals surface area contributed by atoms with Gasteiger partial charge in [-0.15, -0.1) is 0 Å². The molecule has 0 bridgehead atoms. The van der Waals surface area contributed by atoms with Crippen LogP contribution in [0.2, 0.25) is 0 Å². The van der Waals surface area contributed by atoms with E-state index < -0.39 is 12.0 Å². The number of thioether (sulfide) groups is 1.